The summed E-state index contributed by atoms with van der Waals surface area (Å²) >= 11 is 0. The van der Waals surface area contributed by atoms with Crippen LogP contribution in [-0.2, 0) is 22.6 Å². The van der Waals surface area contributed by atoms with Crippen LogP contribution >= 0.6 is 0 Å². The molecule has 2 rings (SSSR count). The van der Waals surface area contributed by atoms with Gasteiger partial charge in [0.15, 0.2) is 0 Å². The van der Waals surface area contributed by atoms with Crippen molar-refractivity contribution < 1.29 is 13.9 Å². The van der Waals surface area contributed by atoms with Gasteiger partial charge in [-0.05, 0) is 18.6 Å². The molecule has 3 nitrogen and oxygen atoms in total. The smallest absolute Gasteiger partial charge is 0.310 e. The summed E-state index contributed by atoms with van der Waals surface area (Å²) in [4.78, 5) is 11.5. The van der Waals surface area contributed by atoms with Crippen LogP contribution in [0.5, 0.6) is 0 Å². The molecule has 3 heteroatoms. The molecule has 0 N–H and O–H groups in total. The van der Waals surface area contributed by atoms with Crippen molar-refractivity contribution in [3.63, 3.8) is 0 Å². The SMILES string of the molecule is Cc1cc(CC(=O)OCc2ccccc2)co1. The Balaban J connectivity index is 1.82. The third-order valence-corrected chi connectivity index (χ3v) is 2.38. The van der Waals surface area contributed by atoms with Gasteiger partial charge in [0.1, 0.15) is 12.4 Å². The molecular weight excluding hydrogens is 216 g/mol. The highest BCUT2D eigenvalue weighted by molar-refractivity contribution is 5.72. The molecule has 2 aromatic rings. The lowest BCUT2D eigenvalue weighted by Gasteiger charge is -2.03. The average molecular weight is 230 g/mol. The number of hydrogen-bond donors (Lipinski definition) is 0. The standard InChI is InChI=1S/C14H14O3/c1-11-7-13(10-16-11)8-14(15)17-9-12-5-3-2-4-6-12/h2-7,10H,8-9H2,1H3. The molecular formula is C14H14O3. The Morgan fingerprint density at radius 2 is 2.00 bits per heavy atom. The van der Waals surface area contributed by atoms with E-state index in [0.717, 1.165) is 16.9 Å². The van der Waals surface area contributed by atoms with Gasteiger partial charge in [-0.3, -0.25) is 4.79 Å². The third kappa shape index (κ3) is 3.48. The van der Waals surface area contributed by atoms with E-state index in [9.17, 15) is 4.79 Å². The third-order valence-electron chi connectivity index (χ3n) is 2.38. The van der Waals surface area contributed by atoms with Gasteiger partial charge < -0.3 is 9.15 Å². The number of esters is 1. The van der Waals surface area contributed by atoms with Crippen molar-refractivity contribution in [2.45, 2.75) is 20.0 Å². The zero-order valence-electron chi connectivity index (χ0n) is 9.68. The number of benzene rings is 1. The van der Waals surface area contributed by atoms with Gasteiger partial charge in [-0.15, -0.1) is 0 Å². The summed E-state index contributed by atoms with van der Waals surface area (Å²) in [5.74, 6) is 0.561. The summed E-state index contributed by atoms with van der Waals surface area (Å²) in [6.45, 7) is 2.16. The maximum Gasteiger partial charge on any atom is 0.310 e. The summed E-state index contributed by atoms with van der Waals surface area (Å²) in [5, 5.41) is 0. The minimum absolute atomic E-state index is 0.241. The van der Waals surface area contributed by atoms with Crippen LogP contribution in [0.4, 0.5) is 0 Å². The Labute approximate surface area is 100 Å². The molecule has 0 radical (unpaired) electrons. The van der Waals surface area contributed by atoms with Crippen LogP contribution in [0.1, 0.15) is 16.9 Å². The van der Waals surface area contributed by atoms with Gasteiger partial charge in [0.2, 0.25) is 0 Å². The summed E-state index contributed by atoms with van der Waals surface area (Å²) in [6.07, 6.45) is 1.84. The first-order valence-corrected chi connectivity index (χ1v) is 5.47. The lowest BCUT2D eigenvalue weighted by atomic mass is 10.2. The lowest BCUT2D eigenvalue weighted by molar-refractivity contribution is -0.144. The fourth-order valence-electron chi connectivity index (χ4n) is 1.55. The number of furan rings is 1. The van der Waals surface area contributed by atoms with E-state index in [1.807, 2.05) is 43.3 Å². The summed E-state index contributed by atoms with van der Waals surface area (Å²) < 4.78 is 10.3. The maximum atomic E-state index is 11.5. The van der Waals surface area contributed by atoms with Gasteiger partial charge in [0, 0.05) is 5.56 Å². The zero-order chi connectivity index (χ0) is 12.1. The Hall–Kier alpha value is -2.03. The van der Waals surface area contributed by atoms with Crippen LogP contribution in [0.15, 0.2) is 47.1 Å². The lowest BCUT2D eigenvalue weighted by Crippen LogP contribution is -2.07. The molecule has 0 saturated heterocycles. The second kappa shape index (κ2) is 5.34. The minimum Gasteiger partial charge on any atom is -0.469 e. The monoisotopic (exact) mass is 230 g/mol. The predicted molar refractivity (Wildman–Crippen MR) is 63.4 cm³/mol. The Kier molecular flexibility index (Phi) is 3.60. The van der Waals surface area contributed by atoms with Crippen LogP contribution in [-0.4, -0.2) is 5.97 Å². The van der Waals surface area contributed by atoms with E-state index >= 15 is 0 Å². The maximum absolute atomic E-state index is 11.5. The normalized spacial score (nSPS) is 10.2. The highest BCUT2D eigenvalue weighted by Gasteiger charge is 2.07. The second-order valence-corrected chi connectivity index (χ2v) is 3.89. The molecule has 0 spiro atoms. The van der Waals surface area contributed by atoms with Gasteiger partial charge in [0.25, 0.3) is 0 Å². The van der Waals surface area contributed by atoms with E-state index < -0.39 is 0 Å². The first-order chi connectivity index (χ1) is 8.24. The molecule has 17 heavy (non-hydrogen) atoms. The van der Waals surface area contributed by atoms with Crippen molar-refractivity contribution in [2.75, 3.05) is 0 Å². The largest absolute Gasteiger partial charge is 0.469 e. The summed E-state index contributed by atoms with van der Waals surface area (Å²) in [6, 6.07) is 11.5. The number of carbonyl (C=O) groups is 1. The minimum atomic E-state index is -0.241. The molecule has 0 aliphatic heterocycles. The molecule has 1 heterocycles. The van der Waals surface area contributed by atoms with Gasteiger partial charge in [-0.25, -0.2) is 0 Å². The number of rotatable bonds is 4. The Bertz CT molecular complexity index is 485. The molecule has 0 fully saturated rings. The Morgan fingerprint density at radius 3 is 2.65 bits per heavy atom. The quantitative estimate of drug-likeness (QED) is 0.758. The van der Waals surface area contributed by atoms with Crippen LogP contribution in [0.3, 0.4) is 0 Å². The van der Waals surface area contributed by atoms with E-state index in [4.69, 9.17) is 9.15 Å². The van der Waals surface area contributed by atoms with E-state index in [2.05, 4.69) is 0 Å². The van der Waals surface area contributed by atoms with Gasteiger partial charge in [-0.1, -0.05) is 30.3 Å². The van der Waals surface area contributed by atoms with Crippen LogP contribution in [0, 0.1) is 6.92 Å². The molecule has 0 aliphatic carbocycles. The van der Waals surface area contributed by atoms with Crippen molar-refractivity contribution in [1.82, 2.24) is 0 Å². The fourth-order valence-corrected chi connectivity index (χ4v) is 1.55. The highest BCUT2D eigenvalue weighted by Crippen LogP contribution is 2.08. The predicted octanol–water partition coefficient (Wildman–Crippen LogP) is 2.87. The average Bonchev–Trinajstić information content (AvgIpc) is 2.73. The van der Waals surface area contributed by atoms with Crippen molar-refractivity contribution in [1.29, 1.82) is 0 Å². The summed E-state index contributed by atoms with van der Waals surface area (Å²) in [7, 11) is 0. The number of hydrogen-bond acceptors (Lipinski definition) is 3. The second-order valence-electron chi connectivity index (χ2n) is 3.89. The van der Waals surface area contributed by atoms with Crippen molar-refractivity contribution in [2.24, 2.45) is 0 Å². The molecule has 0 saturated carbocycles. The van der Waals surface area contributed by atoms with Gasteiger partial charge >= 0.3 is 5.97 Å². The van der Waals surface area contributed by atoms with Crippen molar-refractivity contribution >= 4 is 5.97 Å². The highest BCUT2D eigenvalue weighted by atomic mass is 16.5. The molecule has 0 unspecified atom stereocenters. The molecule has 1 aromatic heterocycles. The molecule has 0 aliphatic rings. The first-order valence-electron chi connectivity index (χ1n) is 5.47. The number of ether oxygens (including phenoxy) is 1. The molecule has 88 valence electrons. The Morgan fingerprint density at radius 1 is 1.24 bits per heavy atom. The molecule has 1 aromatic carbocycles. The van der Waals surface area contributed by atoms with Crippen LogP contribution in [0.25, 0.3) is 0 Å². The first kappa shape index (κ1) is 11.5. The number of carbonyl (C=O) groups excluding carboxylic acids is 1. The van der Waals surface area contributed by atoms with E-state index in [1.165, 1.54) is 0 Å². The van der Waals surface area contributed by atoms with E-state index in [-0.39, 0.29) is 12.4 Å². The fraction of sp³-hybridized carbons (Fsp3) is 0.214. The summed E-state index contributed by atoms with van der Waals surface area (Å²) in [5.41, 5.74) is 1.84. The zero-order valence-corrected chi connectivity index (χ0v) is 9.68. The molecule has 0 atom stereocenters. The van der Waals surface area contributed by atoms with Crippen LogP contribution in [0.2, 0.25) is 0 Å². The van der Waals surface area contributed by atoms with Crippen LogP contribution < -0.4 is 0 Å². The molecule has 0 bridgehead atoms. The van der Waals surface area contributed by atoms with Crippen molar-refractivity contribution in [3.8, 4) is 0 Å². The number of aryl methyl sites for hydroxylation is 1. The van der Waals surface area contributed by atoms with E-state index in [0.29, 0.717) is 6.61 Å². The van der Waals surface area contributed by atoms with E-state index in [1.54, 1.807) is 6.26 Å². The molecule has 0 amide bonds. The van der Waals surface area contributed by atoms with Gasteiger partial charge in [0.05, 0.1) is 12.7 Å². The topological polar surface area (TPSA) is 39.4 Å². The van der Waals surface area contributed by atoms with Crippen molar-refractivity contribution in [3.05, 3.63) is 59.5 Å². The van der Waals surface area contributed by atoms with Gasteiger partial charge in [-0.2, -0.15) is 0 Å².